The minimum Gasteiger partial charge on any atom is -0.444 e. The molecule has 0 spiro atoms. The van der Waals surface area contributed by atoms with E-state index in [1.165, 1.54) is 11.8 Å². The average molecular weight is 406 g/mol. The standard InChI is InChI=1S/C20H30N4O5/c1-14(25)29-23-18(21)17-11-10-16(12-24(17)19(26)28-20(2,3)4)22-27-13-15-8-6-5-7-9-15/h5-9,16-17,22H,10-13H2,1-4H3,(H2,21,23)/t16-,17+/m1/s1. The summed E-state index contributed by atoms with van der Waals surface area (Å²) in [6.07, 6.45) is 0.619. The van der Waals surface area contributed by atoms with Gasteiger partial charge in [-0.1, -0.05) is 30.3 Å². The van der Waals surface area contributed by atoms with Crippen molar-refractivity contribution in [3.8, 4) is 0 Å². The molecule has 0 aromatic heterocycles. The van der Waals surface area contributed by atoms with Crippen LogP contribution < -0.4 is 11.0 Å². The number of carbonyl (C=O) groups excluding carboxylic acids is 2. The van der Waals surface area contributed by atoms with Crippen LogP contribution in [-0.2, 0) is 25.8 Å². The Morgan fingerprint density at radius 2 is 1.90 bits per heavy atom. The summed E-state index contributed by atoms with van der Waals surface area (Å²) in [6.45, 7) is 7.27. The first-order valence-electron chi connectivity index (χ1n) is 9.58. The first kappa shape index (κ1) is 22.6. The summed E-state index contributed by atoms with van der Waals surface area (Å²) in [7, 11) is 0. The lowest BCUT2D eigenvalue weighted by molar-refractivity contribution is -0.145. The summed E-state index contributed by atoms with van der Waals surface area (Å²) in [4.78, 5) is 35.5. The lowest BCUT2D eigenvalue weighted by Gasteiger charge is -2.40. The van der Waals surface area contributed by atoms with Crippen molar-refractivity contribution in [2.24, 2.45) is 0 Å². The molecule has 29 heavy (non-hydrogen) atoms. The number of nitrogens with zero attached hydrogens (tertiary/aromatic N) is 1. The molecular formula is C20H30N4O5. The van der Waals surface area contributed by atoms with Crippen LogP contribution in [0.4, 0.5) is 4.79 Å². The molecule has 1 aromatic carbocycles. The zero-order chi connectivity index (χ0) is 21.4. The van der Waals surface area contributed by atoms with E-state index in [1.807, 2.05) is 30.3 Å². The quantitative estimate of drug-likeness (QED) is 0.391. The lowest BCUT2D eigenvalue weighted by Crippen LogP contribution is -2.58. The van der Waals surface area contributed by atoms with Crippen LogP contribution in [0.15, 0.2) is 30.3 Å². The Labute approximate surface area is 171 Å². The van der Waals surface area contributed by atoms with E-state index in [0.717, 1.165) is 5.56 Å². The van der Waals surface area contributed by atoms with Crippen LogP contribution in [0.25, 0.3) is 0 Å². The Bertz CT molecular complexity index is 705. The van der Waals surface area contributed by atoms with Gasteiger partial charge in [-0.05, 0) is 39.2 Å². The number of benzene rings is 1. The maximum Gasteiger partial charge on any atom is 0.410 e. The maximum absolute atomic E-state index is 12.7. The van der Waals surface area contributed by atoms with Crippen LogP contribution in [0.1, 0.15) is 46.1 Å². The number of hydrogen-bond donors (Lipinski definition) is 3. The van der Waals surface area contributed by atoms with Gasteiger partial charge in [0, 0.05) is 13.5 Å². The minimum atomic E-state index is -0.669. The molecule has 1 heterocycles. The van der Waals surface area contributed by atoms with Crippen LogP contribution in [0.2, 0.25) is 0 Å². The Kier molecular flexibility index (Phi) is 7.98. The lowest BCUT2D eigenvalue weighted by atomic mass is 9.98. The van der Waals surface area contributed by atoms with Crippen molar-refractivity contribution >= 4 is 17.9 Å². The third-order valence-electron chi connectivity index (χ3n) is 4.18. The Morgan fingerprint density at radius 1 is 1.21 bits per heavy atom. The second-order valence-electron chi connectivity index (χ2n) is 7.92. The van der Waals surface area contributed by atoms with Crippen molar-refractivity contribution < 1.29 is 24.0 Å². The van der Waals surface area contributed by atoms with Crippen LogP contribution in [0, 0.1) is 5.41 Å². The highest BCUT2D eigenvalue weighted by Crippen LogP contribution is 2.21. The third kappa shape index (κ3) is 7.71. The van der Waals surface area contributed by atoms with Crippen LogP contribution >= 0.6 is 0 Å². The monoisotopic (exact) mass is 406 g/mol. The molecule has 2 rings (SSSR count). The Morgan fingerprint density at radius 3 is 2.52 bits per heavy atom. The molecule has 1 aliphatic heterocycles. The van der Waals surface area contributed by atoms with E-state index in [1.54, 1.807) is 20.8 Å². The van der Waals surface area contributed by atoms with Crippen molar-refractivity contribution in [2.75, 3.05) is 6.54 Å². The van der Waals surface area contributed by atoms with Gasteiger partial charge in [0.05, 0.1) is 18.7 Å². The molecule has 0 aliphatic carbocycles. The summed E-state index contributed by atoms with van der Waals surface area (Å²) in [5, 5.41) is 8.16. The molecule has 1 aromatic rings. The Balaban J connectivity index is 1.98. The van der Waals surface area contributed by atoms with E-state index in [2.05, 4.69) is 11.0 Å². The van der Waals surface area contributed by atoms with Crippen molar-refractivity contribution in [1.29, 1.82) is 5.41 Å². The fourth-order valence-electron chi connectivity index (χ4n) is 2.90. The van der Waals surface area contributed by atoms with Gasteiger partial charge < -0.3 is 9.57 Å². The van der Waals surface area contributed by atoms with E-state index in [0.29, 0.717) is 26.0 Å². The van der Waals surface area contributed by atoms with Gasteiger partial charge >= 0.3 is 12.1 Å². The van der Waals surface area contributed by atoms with Crippen molar-refractivity contribution in [3.05, 3.63) is 35.9 Å². The van der Waals surface area contributed by atoms with Gasteiger partial charge in [0.1, 0.15) is 5.60 Å². The topological polar surface area (TPSA) is 113 Å². The molecule has 1 amide bonds. The fraction of sp³-hybridized carbons (Fsp3) is 0.550. The smallest absolute Gasteiger partial charge is 0.410 e. The molecule has 0 unspecified atom stereocenters. The molecule has 9 heteroatoms. The Hall–Kier alpha value is -2.65. The van der Waals surface area contributed by atoms with Crippen LogP contribution in [0.3, 0.4) is 0 Å². The number of amides is 1. The van der Waals surface area contributed by atoms with Gasteiger partial charge in [-0.15, -0.1) is 0 Å². The third-order valence-corrected chi connectivity index (χ3v) is 4.18. The minimum absolute atomic E-state index is 0.0743. The predicted molar refractivity (Wildman–Crippen MR) is 107 cm³/mol. The highest BCUT2D eigenvalue weighted by Gasteiger charge is 2.37. The molecule has 0 radical (unpaired) electrons. The van der Waals surface area contributed by atoms with Gasteiger partial charge in [-0.3, -0.25) is 19.9 Å². The van der Waals surface area contributed by atoms with E-state index in [4.69, 9.17) is 19.8 Å². The molecule has 3 N–H and O–H groups in total. The number of piperidine rings is 1. The highest BCUT2D eigenvalue weighted by atomic mass is 16.7. The predicted octanol–water partition coefficient (Wildman–Crippen LogP) is 2.52. The van der Waals surface area contributed by atoms with E-state index < -0.39 is 23.7 Å². The summed E-state index contributed by atoms with van der Waals surface area (Å²) in [5.74, 6) is -0.641. The fourth-order valence-corrected chi connectivity index (χ4v) is 2.90. The number of rotatable bonds is 5. The normalized spacial score (nSPS) is 19.4. The molecule has 1 fully saturated rings. The first-order chi connectivity index (χ1) is 13.7. The van der Waals surface area contributed by atoms with Crippen molar-refractivity contribution in [3.63, 3.8) is 0 Å². The first-order valence-corrected chi connectivity index (χ1v) is 9.58. The summed E-state index contributed by atoms with van der Waals surface area (Å²) >= 11 is 0. The second-order valence-corrected chi connectivity index (χ2v) is 7.92. The molecule has 160 valence electrons. The zero-order valence-corrected chi connectivity index (χ0v) is 17.4. The number of ether oxygens (including phenoxy) is 1. The number of nitrogens with one attached hydrogen (secondary N) is 3. The molecule has 2 atom stereocenters. The van der Waals surface area contributed by atoms with Gasteiger partial charge in [0.2, 0.25) is 0 Å². The van der Waals surface area contributed by atoms with E-state index >= 15 is 0 Å². The molecule has 0 bridgehead atoms. The maximum atomic E-state index is 12.7. The van der Waals surface area contributed by atoms with E-state index in [-0.39, 0.29) is 11.9 Å². The number of hydroxylamine groups is 2. The van der Waals surface area contributed by atoms with Crippen molar-refractivity contribution in [2.45, 2.75) is 64.8 Å². The second kappa shape index (κ2) is 10.2. The van der Waals surface area contributed by atoms with Crippen LogP contribution in [0.5, 0.6) is 0 Å². The van der Waals surface area contributed by atoms with Gasteiger partial charge in [-0.2, -0.15) is 5.48 Å². The van der Waals surface area contributed by atoms with E-state index in [9.17, 15) is 9.59 Å². The molecule has 9 nitrogen and oxygen atoms in total. The molecule has 1 saturated heterocycles. The summed E-state index contributed by atoms with van der Waals surface area (Å²) < 4.78 is 5.49. The molecular weight excluding hydrogens is 376 g/mol. The zero-order valence-electron chi connectivity index (χ0n) is 17.4. The number of hydrogen-bond acceptors (Lipinski definition) is 7. The van der Waals surface area contributed by atoms with Crippen LogP contribution in [-0.4, -0.2) is 47.0 Å². The highest BCUT2D eigenvalue weighted by molar-refractivity contribution is 5.88. The number of carbonyl (C=O) groups is 2. The largest absolute Gasteiger partial charge is 0.444 e. The SMILES string of the molecule is CC(=O)ONC(=N)[C@@H]1CC[C@@H](NOCc2ccccc2)CN1C(=O)OC(C)(C)C. The molecule has 1 aliphatic rings. The van der Waals surface area contributed by atoms with Gasteiger partial charge in [0.15, 0.2) is 5.84 Å². The number of amidine groups is 1. The summed E-state index contributed by atoms with van der Waals surface area (Å²) in [6, 6.07) is 9.04. The summed E-state index contributed by atoms with van der Waals surface area (Å²) in [5.41, 5.74) is 5.68. The number of likely N-dealkylation sites (tertiary alicyclic amines) is 1. The average Bonchev–Trinajstić information content (AvgIpc) is 2.65. The molecule has 0 saturated carbocycles. The van der Waals surface area contributed by atoms with Crippen molar-refractivity contribution in [1.82, 2.24) is 15.9 Å². The van der Waals surface area contributed by atoms with Gasteiger partial charge in [0.25, 0.3) is 0 Å². The van der Waals surface area contributed by atoms with Gasteiger partial charge in [-0.25, -0.2) is 10.3 Å².